The average molecular weight is 380 g/mol. The first-order chi connectivity index (χ1) is 8.97. The molecule has 2 aromatic rings. The van der Waals surface area contributed by atoms with Crippen LogP contribution in [0.4, 0.5) is 0 Å². The van der Waals surface area contributed by atoms with Crippen molar-refractivity contribution >= 4 is 56.7 Å². The lowest BCUT2D eigenvalue weighted by molar-refractivity contribution is 0.0735. The molecule has 0 spiro atoms. The number of benzene rings is 2. The molecule has 6 heteroatoms. The fourth-order valence-electron chi connectivity index (χ4n) is 1.36. The van der Waals surface area contributed by atoms with Gasteiger partial charge in [0.1, 0.15) is 0 Å². The molecular formula is C13H6BrCl3O2. The van der Waals surface area contributed by atoms with Gasteiger partial charge in [0.15, 0.2) is 5.75 Å². The largest absolute Gasteiger partial charge is 0.421 e. The first kappa shape index (κ1) is 14.7. The second-order valence-electron chi connectivity index (χ2n) is 3.59. The molecule has 2 aromatic carbocycles. The zero-order chi connectivity index (χ0) is 14.0. The third-order valence-electron chi connectivity index (χ3n) is 2.24. The Hall–Kier alpha value is -0.740. The minimum absolute atomic E-state index is 0.190. The van der Waals surface area contributed by atoms with Crippen LogP contribution in [0.5, 0.6) is 5.75 Å². The van der Waals surface area contributed by atoms with Gasteiger partial charge in [0.25, 0.3) is 0 Å². The molecule has 0 heterocycles. The molecular weight excluding hydrogens is 374 g/mol. The molecule has 0 saturated heterocycles. The first-order valence-electron chi connectivity index (χ1n) is 5.09. The van der Waals surface area contributed by atoms with Crippen molar-refractivity contribution in [2.75, 3.05) is 0 Å². The van der Waals surface area contributed by atoms with Crippen molar-refractivity contribution in [3.63, 3.8) is 0 Å². The summed E-state index contributed by atoms with van der Waals surface area (Å²) < 4.78 is 5.91. The highest BCUT2D eigenvalue weighted by Gasteiger charge is 2.15. The van der Waals surface area contributed by atoms with E-state index >= 15 is 0 Å². The zero-order valence-electron chi connectivity index (χ0n) is 9.29. The van der Waals surface area contributed by atoms with Crippen LogP contribution in [0.2, 0.25) is 15.1 Å². The highest BCUT2D eigenvalue weighted by atomic mass is 79.9. The second-order valence-corrected chi connectivity index (χ2v) is 5.75. The van der Waals surface area contributed by atoms with E-state index < -0.39 is 5.97 Å². The first-order valence-corrected chi connectivity index (χ1v) is 7.02. The number of hydrogen-bond donors (Lipinski definition) is 0. The minimum Gasteiger partial charge on any atom is -0.421 e. The van der Waals surface area contributed by atoms with Gasteiger partial charge in [0, 0.05) is 15.6 Å². The van der Waals surface area contributed by atoms with Crippen LogP contribution in [-0.4, -0.2) is 5.97 Å². The van der Waals surface area contributed by atoms with Crippen molar-refractivity contribution in [2.24, 2.45) is 0 Å². The molecule has 0 unspecified atom stereocenters. The van der Waals surface area contributed by atoms with E-state index in [9.17, 15) is 4.79 Å². The van der Waals surface area contributed by atoms with Gasteiger partial charge in [0.05, 0.1) is 15.6 Å². The molecule has 0 amide bonds. The monoisotopic (exact) mass is 378 g/mol. The van der Waals surface area contributed by atoms with Crippen molar-refractivity contribution in [1.29, 1.82) is 0 Å². The number of carbonyl (C=O) groups excluding carboxylic acids is 1. The van der Waals surface area contributed by atoms with Crippen LogP contribution in [0.15, 0.2) is 40.9 Å². The van der Waals surface area contributed by atoms with E-state index in [0.29, 0.717) is 15.1 Å². The molecule has 0 aromatic heterocycles. The Morgan fingerprint density at radius 1 is 1.00 bits per heavy atom. The molecule has 0 aliphatic rings. The lowest BCUT2D eigenvalue weighted by atomic mass is 10.2. The molecule has 0 aliphatic heterocycles. The Morgan fingerprint density at radius 2 is 1.68 bits per heavy atom. The summed E-state index contributed by atoms with van der Waals surface area (Å²) in [7, 11) is 0. The SMILES string of the molecule is O=C(Oc1cc(Cl)ccc1Cl)c1cc(Br)ccc1Cl. The van der Waals surface area contributed by atoms with Crippen LogP contribution < -0.4 is 4.74 Å². The van der Waals surface area contributed by atoms with Crippen LogP contribution in [0.1, 0.15) is 10.4 Å². The molecule has 0 fully saturated rings. The van der Waals surface area contributed by atoms with Gasteiger partial charge in [-0.15, -0.1) is 0 Å². The molecule has 2 nitrogen and oxygen atoms in total. The number of esters is 1. The predicted octanol–water partition coefficient (Wildman–Crippen LogP) is 5.63. The second kappa shape index (κ2) is 6.14. The molecule has 0 radical (unpaired) electrons. The van der Waals surface area contributed by atoms with E-state index in [1.165, 1.54) is 6.07 Å². The highest BCUT2D eigenvalue weighted by molar-refractivity contribution is 9.10. The summed E-state index contributed by atoms with van der Waals surface area (Å²) in [5.74, 6) is -0.411. The maximum atomic E-state index is 12.0. The fourth-order valence-corrected chi connectivity index (χ4v) is 2.24. The Bertz CT molecular complexity index is 644. The van der Waals surface area contributed by atoms with E-state index in [2.05, 4.69) is 15.9 Å². The quantitative estimate of drug-likeness (QED) is 0.499. The summed E-state index contributed by atoms with van der Waals surface area (Å²) in [4.78, 5) is 12.0. The summed E-state index contributed by atoms with van der Waals surface area (Å²) in [5, 5.41) is 1.02. The fraction of sp³-hybridized carbons (Fsp3) is 0. The smallest absolute Gasteiger partial charge is 0.345 e. The Kier molecular flexibility index (Phi) is 4.74. The molecule has 0 atom stereocenters. The van der Waals surface area contributed by atoms with Crippen LogP contribution >= 0.6 is 50.7 Å². The van der Waals surface area contributed by atoms with Gasteiger partial charge in [-0.25, -0.2) is 4.79 Å². The van der Waals surface area contributed by atoms with Crippen molar-refractivity contribution in [3.8, 4) is 5.75 Å². The Labute approximate surface area is 133 Å². The third kappa shape index (κ3) is 3.63. The molecule has 19 heavy (non-hydrogen) atoms. The average Bonchev–Trinajstić information content (AvgIpc) is 2.36. The van der Waals surface area contributed by atoms with Crippen molar-refractivity contribution in [2.45, 2.75) is 0 Å². The van der Waals surface area contributed by atoms with Crippen LogP contribution in [0.3, 0.4) is 0 Å². The minimum atomic E-state index is -0.601. The van der Waals surface area contributed by atoms with Crippen LogP contribution in [0.25, 0.3) is 0 Å². The lowest BCUT2D eigenvalue weighted by Crippen LogP contribution is -2.09. The van der Waals surface area contributed by atoms with Crippen LogP contribution in [-0.2, 0) is 0 Å². The summed E-state index contributed by atoms with van der Waals surface area (Å²) in [6.45, 7) is 0. The van der Waals surface area contributed by atoms with Crippen molar-refractivity contribution in [1.82, 2.24) is 0 Å². The maximum Gasteiger partial charge on any atom is 0.345 e. The molecule has 0 N–H and O–H groups in total. The molecule has 0 aliphatic carbocycles. The van der Waals surface area contributed by atoms with Crippen molar-refractivity contribution in [3.05, 3.63) is 61.5 Å². The van der Waals surface area contributed by atoms with E-state index in [4.69, 9.17) is 39.5 Å². The molecule has 0 bridgehead atoms. The van der Waals surface area contributed by atoms with Gasteiger partial charge in [-0.1, -0.05) is 50.7 Å². The number of rotatable bonds is 2. The maximum absolute atomic E-state index is 12.0. The van der Waals surface area contributed by atoms with Gasteiger partial charge in [-0.3, -0.25) is 0 Å². The molecule has 98 valence electrons. The number of ether oxygens (including phenoxy) is 1. The van der Waals surface area contributed by atoms with Crippen molar-refractivity contribution < 1.29 is 9.53 Å². The van der Waals surface area contributed by atoms with Crippen LogP contribution in [0, 0.1) is 0 Å². The predicted molar refractivity (Wildman–Crippen MR) is 80.6 cm³/mol. The standard InChI is InChI=1S/C13H6BrCl3O2/c14-7-1-3-10(16)9(5-7)13(18)19-12-6-8(15)2-4-11(12)17/h1-6H. The molecule has 0 saturated carbocycles. The summed E-state index contributed by atoms with van der Waals surface area (Å²) >= 11 is 21.0. The zero-order valence-corrected chi connectivity index (χ0v) is 13.1. The van der Waals surface area contributed by atoms with Gasteiger partial charge < -0.3 is 4.74 Å². The normalized spacial score (nSPS) is 10.3. The number of halogens is 4. The molecule has 2 rings (SSSR count). The van der Waals surface area contributed by atoms with Gasteiger partial charge in [-0.05, 0) is 30.3 Å². The van der Waals surface area contributed by atoms with Gasteiger partial charge in [0.2, 0.25) is 0 Å². The Morgan fingerprint density at radius 3 is 2.42 bits per heavy atom. The Balaban J connectivity index is 2.30. The van der Waals surface area contributed by atoms with E-state index in [1.54, 1.807) is 30.3 Å². The van der Waals surface area contributed by atoms with E-state index in [0.717, 1.165) is 4.47 Å². The van der Waals surface area contributed by atoms with E-state index in [1.807, 2.05) is 0 Å². The van der Waals surface area contributed by atoms with Gasteiger partial charge in [-0.2, -0.15) is 0 Å². The summed E-state index contributed by atoms with van der Waals surface area (Å²) in [5.41, 5.74) is 0.243. The lowest BCUT2D eigenvalue weighted by Gasteiger charge is -2.08. The third-order valence-corrected chi connectivity index (χ3v) is 3.61. The number of hydrogen-bond acceptors (Lipinski definition) is 2. The summed E-state index contributed by atoms with van der Waals surface area (Å²) in [6.07, 6.45) is 0. The highest BCUT2D eigenvalue weighted by Crippen LogP contribution is 2.29. The topological polar surface area (TPSA) is 26.3 Å². The van der Waals surface area contributed by atoms with Gasteiger partial charge >= 0.3 is 5.97 Å². The summed E-state index contributed by atoms with van der Waals surface area (Å²) in [6, 6.07) is 9.52. The number of carbonyl (C=O) groups is 1. The van der Waals surface area contributed by atoms with E-state index in [-0.39, 0.29) is 11.3 Å².